The van der Waals surface area contributed by atoms with Crippen LogP contribution in [-0.2, 0) is 4.74 Å². The van der Waals surface area contributed by atoms with Gasteiger partial charge in [0, 0.05) is 23.2 Å². The van der Waals surface area contributed by atoms with Crippen molar-refractivity contribution in [1.82, 2.24) is 15.2 Å². The number of carbonyl (C=O) groups excluding carboxylic acids is 2. The van der Waals surface area contributed by atoms with Crippen molar-refractivity contribution >= 4 is 23.1 Å². The Bertz CT molecular complexity index is 1430. The van der Waals surface area contributed by atoms with Gasteiger partial charge in [-0.05, 0) is 54.7 Å². The maximum absolute atomic E-state index is 12.7. The predicted octanol–water partition coefficient (Wildman–Crippen LogP) is 5.17. The third-order valence-corrected chi connectivity index (χ3v) is 6.63. The number of nitriles is 1. The zero-order chi connectivity index (χ0) is 25.9. The maximum Gasteiger partial charge on any atom is 0.410 e. The summed E-state index contributed by atoms with van der Waals surface area (Å²) < 4.78 is 11.5. The molecule has 0 saturated carbocycles. The lowest BCUT2D eigenvalue weighted by molar-refractivity contribution is 0.0914. The molecule has 37 heavy (non-hydrogen) atoms. The highest BCUT2D eigenvalue weighted by molar-refractivity contribution is 5.94. The number of nitrogens with one attached hydrogen (secondary N) is 1. The summed E-state index contributed by atoms with van der Waals surface area (Å²) in [6, 6.07) is 12.7. The van der Waals surface area contributed by atoms with Crippen molar-refractivity contribution in [2.45, 2.75) is 32.3 Å². The van der Waals surface area contributed by atoms with E-state index in [4.69, 9.17) is 9.15 Å². The molecular formula is C29H28N4O4. The van der Waals surface area contributed by atoms with Crippen LogP contribution in [0, 0.1) is 17.2 Å². The van der Waals surface area contributed by atoms with Gasteiger partial charge in [-0.25, -0.2) is 9.78 Å². The van der Waals surface area contributed by atoms with Gasteiger partial charge >= 0.3 is 6.09 Å². The van der Waals surface area contributed by atoms with Crippen LogP contribution in [0.15, 0.2) is 65.1 Å². The van der Waals surface area contributed by atoms with E-state index in [2.05, 4.69) is 28.5 Å². The average Bonchev–Trinajstić information content (AvgIpc) is 3.50. The van der Waals surface area contributed by atoms with Crippen LogP contribution in [0.2, 0.25) is 0 Å². The second-order valence-electron chi connectivity index (χ2n) is 9.71. The standard InChI is InChI=1S/C29H28N4O4/c1-18(2)24-12-20(14-30)13-25-26(24)37-28(32-25)22-10-8-21(9-11-22)27(34)31-15-23-17-33(29(35)36-23)16-19-6-4-3-5-7-19/h3-6,8-13,18-19,23H,7,15-17H2,1-2H3,(H,31,34)/t19?,23-/m1/s1. The number of ether oxygens (including phenoxy) is 1. The quantitative estimate of drug-likeness (QED) is 0.483. The molecule has 2 heterocycles. The summed E-state index contributed by atoms with van der Waals surface area (Å²) in [5, 5.41) is 12.2. The monoisotopic (exact) mass is 496 g/mol. The molecule has 8 nitrogen and oxygen atoms in total. The lowest BCUT2D eigenvalue weighted by atomic mass is 10.00. The van der Waals surface area contributed by atoms with Crippen molar-refractivity contribution in [3.63, 3.8) is 0 Å². The smallest absolute Gasteiger partial charge is 0.410 e. The SMILES string of the molecule is CC(C)c1cc(C#N)cc2nc(-c3ccc(C(=O)NC[C@@H]4CN(CC5C=CC=CC5)C(=O)O4)cc3)oc12. The first-order valence-corrected chi connectivity index (χ1v) is 12.4. The van der Waals surface area contributed by atoms with Gasteiger partial charge in [0.2, 0.25) is 5.89 Å². The van der Waals surface area contributed by atoms with Crippen molar-refractivity contribution in [2.75, 3.05) is 19.6 Å². The molecule has 1 saturated heterocycles. The highest BCUT2D eigenvalue weighted by atomic mass is 16.6. The van der Waals surface area contributed by atoms with Gasteiger partial charge in [0.25, 0.3) is 5.91 Å². The molecule has 3 aromatic rings. The van der Waals surface area contributed by atoms with Gasteiger partial charge in [0.05, 0.1) is 24.7 Å². The van der Waals surface area contributed by atoms with E-state index in [0.717, 1.165) is 17.5 Å². The van der Waals surface area contributed by atoms with Crippen LogP contribution in [0.4, 0.5) is 4.79 Å². The van der Waals surface area contributed by atoms with Crippen molar-refractivity contribution in [3.05, 3.63) is 77.4 Å². The van der Waals surface area contributed by atoms with Crippen molar-refractivity contribution in [3.8, 4) is 17.5 Å². The van der Waals surface area contributed by atoms with E-state index >= 15 is 0 Å². The van der Waals surface area contributed by atoms with Gasteiger partial charge in [0.1, 0.15) is 11.6 Å². The first-order valence-electron chi connectivity index (χ1n) is 12.4. The lowest BCUT2D eigenvalue weighted by Gasteiger charge is -2.19. The van der Waals surface area contributed by atoms with Crippen LogP contribution in [0.1, 0.15) is 47.7 Å². The molecule has 5 rings (SSSR count). The number of cyclic esters (lactones) is 1. The van der Waals surface area contributed by atoms with Crippen LogP contribution in [0.5, 0.6) is 0 Å². The molecule has 188 valence electrons. The first-order chi connectivity index (χ1) is 17.9. The molecule has 0 spiro atoms. The molecule has 2 atom stereocenters. The highest BCUT2D eigenvalue weighted by Gasteiger charge is 2.32. The van der Waals surface area contributed by atoms with Crippen LogP contribution in [0.3, 0.4) is 0 Å². The van der Waals surface area contributed by atoms with Crippen LogP contribution in [0.25, 0.3) is 22.6 Å². The van der Waals surface area contributed by atoms with Gasteiger partial charge in [-0.1, -0.05) is 38.2 Å². The number of hydrogen-bond donors (Lipinski definition) is 1. The van der Waals surface area contributed by atoms with Crippen molar-refractivity contribution < 1.29 is 18.7 Å². The minimum absolute atomic E-state index is 0.176. The minimum atomic E-state index is -0.382. The molecular weight excluding hydrogens is 468 g/mol. The number of rotatable bonds is 7. The van der Waals surface area contributed by atoms with Crippen LogP contribution in [-0.4, -0.2) is 47.6 Å². The molecule has 8 heteroatoms. The summed E-state index contributed by atoms with van der Waals surface area (Å²) in [5.74, 6) is 0.645. The maximum atomic E-state index is 12.7. The molecule has 0 radical (unpaired) electrons. The van der Waals surface area contributed by atoms with Gasteiger partial charge in [-0.3, -0.25) is 4.79 Å². The van der Waals surface area contributed by atoms with E-state index < -0.39 is 0 Å². The summed E-state index contributed by atoms with van der Waals surface area (Å²) >= 11 is 0. The molecule has 1 N–H and O–H groups in total. The Kier molecular flexibility index (Phi) is 6.78. The van der Waals surface area contributed by atoms with Crippen molar-refractivity contribution in [1.29, 1.82) is 5.26 Å². The molecule has 1 aliphatic heterocycles. The Labute approximate surface area is 215 Å². The van der Waals surface area contributed by atoms with Crippen LogP contribution >= 0.6 is 0 Å². The number of nitrogens with zero attached hydrogens (tertiary/aromatic N) is 3. The summed E-state index contributed by atoms with van der Waals surface area (Å²) in [4.78, 5) is 31.2. The highest BCUT2D eigenvalue weighted by Crippen LogP contribution is 2.31. The summed E-state index contributed by atoms with van der Waals surface area (Å²) in [7, 11) is 0. The number of carbonyl (C=O) groups is 2. The summed E-state index contributed by atoms with van der Waals surface area (Å²) in [5.41, 5.74) is 3.99. The fraction of sp³-hybridized carbons (Fsp3) is 0.310. The van der Waals surface area contributed by atoms with Gasteiger partial charge in [0.15, 0.2) is 5.58 Å². The number of hydrogen-bond acceptors (Lipinski definition) is 6. The Balaban J connectivity index is 1.21. The second kappa shape index (κ2) is 10.3. The Morgan fingerprint density at radius 1 is 1.24 bits per heavy atom. The topological polar surface area (TPSA) is 108 Å². The fourth-order valence-electron chi connectivity index (χ4n) is 4.63. The Hall–Kier alpha value is -4.38. The van der Waals surface area contributed by atoms with E-state index in [1.807, 2.05) is 32.1 Å². The zero-order valence-electron chi connectivity index (χ0n) is 20.8. The van der Waals surface area contributed by atoms with Gasteiger partial charge in [-0.15, -0.1) is 0 Å². The van der Waals surface area contributed by atoms with Gasteiger partial charge in [-0.2, -0.15) is 5.26 Å². The molecule has 1 aromatic heterocycles. The molecule has 2 aliphatic rings. The number of amides is 2. The van der Waals surface area contributed by atoms with E-state index in [0.29, 0.717) is 41.2 Å². The predicted molar refractivity (Wildman–Crippen MR) is 139 cm³/mol. The number of benzene rings is 2. The molecule has 1 unspecified atom stereocenters. The second-order valence-corrected chi connectivity index (χ2v) is 9.71. The van der Waals surface area contributed by atoms with Crippen LogP contribution < -0.4 is 5.32 Å². The third-order valence-electron chi connectivity index (χ3n) is 6.63. The number of fused-ring (bicyclic) bond motifs is 1. The summed E-state index contributed by atoms with van der Waals surface area (Å²) in [6.07, 6.45) is 8.37. The zero-order valence-corrected chi connectivity index (χ0v) is 20.8. The third kappa shape index (κ3) is 5.26. The van der Waals surface area contributed by atoms with Crippen molar-refractivity contribution in [2.24, 2.45) is 5.92 Å². The Morgan fingerprint density at radius 3 is 2.76 bits per heavy atom. The van der Waals surface area contributed by atoms with E-state index in [9.17, 15) is 14.9 Å². The fourth-order valence-corrected chi connectivity index (χ4v) is 4.63. The normalized spacial score (nSPS) is 18.9. The Morgan fingerprint density at radius 2 is 2.05 bits per heavy atom. The number of allylic oxidation sites excluding steroid dienone is 3. The first kappa shape index (κ1) is 24.3. The lowest BCUT2D eigenvalue weighted by Crippen LogP contribution is -2.35. The number of aromatic nitrogens is 1. The molecule has 0 bridgehead atoms. The number of oxazole rings is 1. The van der Waals surface area contributed by atoms with E-state index in [-0.39, 0.29) is 36.5 Å². The molecule has 1 fully saturated rings. The molecule has 1 aliphatic carbocycles. The van der Waals surface area contributed by atoms with Gasteiger partial charge < -0.3 is 19.4 Å². The largest absolute Gasteiger partial charge is 0.442 e. The van der Waals surface area contributed by atoms with E-state index in [1.54, 1.807) is 35.2 Å². The molecule has 2 aromatic carbocycles. The molecule has 2 amide bonds. The average molecular weight is 497 g/mol. The minimum Gasteiger partial charge on any atom is -0.442 e. The summed E-state index contributed by atoms with van der Waals surface area (Å²) in [6.45, 7) is 5.39. The van der Waals surface area contributed by atoms with E-state index in [1.165, 1.54) is 0 Å².